The molecule has 1 aromatic heterocycles. The van der Waals surface area contributed by atoms with Gasteiger partial charge in [-0.25, -0.2) is 10.2 Å². The molecule has 1 heterocycles. The van der Waals surface area contributed by atoms with E-state index in [-0.39, 0.29) is 24.1 Å². The zero-order valence-corrected chi connectivity index (χ0v) is 19.7. The number of carbonyl (C=O) groups excluding carboxylic acids is 2. The van der Waals surface area contributed by atoms with Crippen molar-refractivity contribution in [2.45, 2.75) is 20.0 Å². The smallest absolute Gasteiger partial charge is 0.413 e. The van der Waals surface area contributed by atoms with Crippen LogP contribution in [0.4, 0.5) is 9.93 Å². The first-order valence-corrected chi connectivity index (χ1v) is 11.2. The van der Waals surface area contributed by atoms with E-state index in [2.05, 4.69) is 26.0 Å². The topological polar surface area (TPSA) is 115 Å². The number of amides is 2. The SMILES string of the molecule is CCOC(=O)Nc1nnc(CC(=O)N/N=C\c2ccc(OCc3ccc(Cl)cc3Cl)cc2)s1. The van der Waals surface area contributed by atoms with E-state index in [9.17, 15) is 9.59 Å². The second-order valence-corrected chi connectivity index (χ2v) is 8.32. The second-order valence-electron chi connectivity index (χ2n) is 6.41. The molecule has 0 aliphatic heterocycles. The van der Waals surface area contributed by atoms with Gasteiger partial charge in [-0.15, -0.1) is 10.2 Å². The zero-order valence-electron chi connectivity index (χ0n) is 17.4. The maximum atomic E-state index is 12.0. The molecule has 0 bridgehead atoms. The van der Waals surface area contributed by atoms with E-state index in [0.29, 0.717) is 27.4 Å². The van der Waals surface area contributed by atoms with Crippen molar-refractivity contribution in [1.29, 1.82) is 0 Å². The van der Waals surface area contributed by atoms with Gasteiger partial charge >= 0.3 is 6.09 Å². The maximum Gasteiger partial charge on any atom is 0.413 e. The molecular formula is C21H19Cl2N5O4S. The summed E-state index contributed by atoms with van der Waals surface area (Å²) in [6.45, 7) is 2.24. The standard InChI is InChI=1S/C21H19Cl2N5O4S/c1-2-31-21(30)25-20-28-27-19(33-20)10-18(29)26-24-11-13-3-7-16(8-4-13)32-12-14-5-6-15(22)9-17(14)23/h3-9,11H,2,10,12H2,1H3,(H,26,29)(H,25,28,30)/b24-11-. The molecule has 0 aliphatic carbocycles. The van der Waals surface area contributed by atoms with Crippen LogP contribution in [-0.2, 0) is 22.6 Å². The Hall–Kier alpha value is -3.21. The lowest BCUT2D eigenvalue weighted by molar-refractivity contribution is -0.120. The molecular weight excluding hydrogens is 489 g/mol. The number of ether oxygens (including phenoxy) is 2. The Morgan fingerprint density at radius 3 is 2.67 bits per heavy atom. The molecule has 0 fully saturated rings. The Morgan fingerprint density at radius 2 is 1.94 bits per heavy atom. The fraction of sp³-hybridized carbons (Fsp3) is 0.190. The molecule has 3 rings (SSSR count). The molecule has 12 heteroatoms. The number of hydrazone groups is 1. The molecule has 0 saturated heterocycles. The van der Waals surface area contributed by atoms with E-state index in [1.54, 1.807) is 43.3 Å². The van der Waals surface area contributed by atoms with Crippen molar-refractivity contribution in [3.63, 3.8) is 0 Å². The largest absolute Gasteiger partial charge is 0.489 e. The van der Waals surface area contributed by atoms with Crippen LogP contribution in [0.5, 0.6) is 5.75 Å². The molecule has 3 aromatic rings. The van der Waals surface area contributed by atoms with Crippen LogP contribution < -0.4 is 15.5 Å². The molecule has 0 radical (unpaired) electrons. The third kappa shape index (κ3) is 8.01. The summed E-state index contributed by atoms with van der Waals surface area (Å²) >= 11 is 13.1. The molecule has 172 valence electrons. The molecule has 2 aromatic carbocycles. The fourth-order valence-electron chi connectivity index (χ4n) is 2.44. The molecule has 0 saturated carbocycles. The summed E-state index contributed by atoms with van der Waals surface area (Å²) in [7, 11) is 0. The van der Waals surface area contributed by atoms with Gasteiger partial charge in [0, 0.05) is 15.6 Å². The predicted octanol–water partition coefficient (Wildman–Crippen LogP) is 4.69. The summed E-state index contributed by atoms with van der Waals surface area (Å²) in [5, 5.41) is 15.8. The molecule has 0 atom stereocenters. The Kier molecular flexibility index (Phi) is 8.99. The highest BCUT2D eigenvalue weighted by Crippen LogP contribution is 2.23. The molecule has 2 N–H and O–H groups in total. The lowest BCUT2D eigenvalue weighted by Gasteiger charge is -2.08. The van der Waals surface area contributed by atoms with Gasteiger partial charge in [0.15, 0.2) is 0 Å². The molecule has 0 aliphatic rings. The number of halogens is 2. The number of aromatic nitrogens is 2. The number of nitrogens with zero attached hydrogens (tertiary/aromatic N) is 3. The van der Waals surface area contributed by atoms with Crippen molar-refractivity contribution >= 4 is 57.9 Å². The van der Waals surface area contributed by atoms with Crippen molar-refractivity contribution in [1.82, 2.24) is 15.6 Å². The summed E-state index contributed by atoms with van der Waals surface area (Å²) in [6.07, 6.45) is 0.852. The highest BCUT2D eigenvalue weighted by molar-refractivity contribution is 7.15. The maximum absolute atomic E-state index is 12.0. The van der Waals surface area contributed by atoms with Gasteiger partial charge in [0.25, 0.3) is 0 Å². The van der Waals surface area contributed by atoms with Gasteiger partial charge < -0.3 is 9.47 Å². The average Bonchev–Trinajstić information content (AvgIpc) is 3.20. The first-order valence-electron chi connectivity index (χ1n) is 9.67. The monoisotopic (exact) mass is 507 g/mol. The van der Waals surface area contributed by atoms with Crippen LogP contribution in [0.15, 0.2) is 47.6 Å². The third-order valence-electron chi connectivity index (χ3n) is 3.96. The van der Waals surface area contributed by atoms with Crippen molar-refractivity contribution in [3.05, 3.63) is 68.6 Å². The Bertz CT molecular complexity index is 1140. The number of hydrogen-bond acceptors (Lipinski definition) is 8. The minimum absolute atomic E-state index is 0.0282. The van der Waals surface area contributed by atoms with Crippen LogP contribution in [0.3, 0.4) is 0 Å². The van der Waals surface area contributed by atoms with E-state index in [0.717, 1.165) is 22.5 Å². The molecule has 0 unspecified atom stereocenters. The normalized spacial score (nSPS) is 10.8. The van der Waals surface area contributed by atoms with E-state index in [1.165, 1.54) is 6.21 Å². The highest BCUT2D eigenvalue weighted by atomic mass is 35.5. The van der Waals surface area contributed by atoms with Gasteiger partial charge in [-0.05, 0) is 48.9 Å². The van der Waals surface area contributed by atoms with Gasteiger partial charge in [-0.1, -0.05) is 40.6 Å². The third-order valence-corrected chi connectivity index (χ3v) is 5.38. The molecule has 9 nitrogen and oxygen atoms in total. The highest BCUT2D eigenvalue weighted by Gasteiger charge is 2.11. The van der Waals surface area contributed by atoms with Crippen LogP contribution in [0, 0.1) is 0 Å². The van der Waals surface area contributed by atoms with Crippen LogP contribution in [0.2, 0.25) is 10.0 Å². The zero-order chi connectivity index (χ0) is 23.6. The summed E-state index contributed by atoms with van der Waals surface area (Å²) in [5.41, 5.74) is 4.02. The quantitative estimate of drug-likeness (QED) is 0.320. The van der Waals surface area contributed by atoms with Crippen molar-refractivity contribution < 1.29 is 19.1 Å². The minimum atomic E-state index is -0.626. The Morgan fingerprint density at radius 1 is 1.15 bits per heavy atom. The lowest BCUT2D eigenvalue weighted by Crippen LogP contribution is -2.19. The number of benzene rings is 2. The summed E-state index contributed by atoms with van der Waals surface area (Å²) in [5.74, 6) is 0.288. The first-order chi connectivity index (χ1) is 15.9. The predicted molar refractivity (Wildman–Crippen MR) is 127 cm³/mol. The summed E-state index contributed by atoms with van der Waals surface area (Å²) < 4.78 is 10.5. The van der Waals surface area contributed by atoms with E-state index in [1.807, 2.05) is 6.07 Å². The molecule has 0 spiro atoms. The average molecular weight is 508 g/mol. The fourth-order valence-corrected chi connectivity index (χ4v) is 3.62. The van der Waals surface area contributed by atoms with Gasteiger partial charge in [0.2, 0.25) is 11.0 Å². The number of nitrogens with one attached hydrogen (secondary N) is 2. The lowest BCUT2D eigenvalue weighted by atomic mass is 10.2. The van der Waals surface area contributed by atoms with Gasteiger partial charge in [-0.3, -0.25) is 10.1 Å². The van der Waals surface area contributed by atoms with Crippen molar-refractivity contribution in [2.24, 2.45) is 5.10 Å². The first kappa shape index (κ1) is 24.4. The van der Waals surface area contributed by atoms with Crippen molar-refractivity contribution in [3.8, 4) is 5.75 Å². The van der Waals surface area contributed by atoms with Gasteiger partial charge in [0.1, 0.15) is 17.4 Å². The van der Waals surface area contributed by atoms with Crippen LogP contribution >= 0.6 is 34.5 Å². The Balaban J connectivity index is 1.44. The number of carbonyl (C=O) groups is 2. The van der Waals surface area contributed by atoms with Gasteiger partial charge in [0.05, 0.1) is 19.2 Å². The van der Waals surface area contributed by atoms with Crippen LogP contribution in [0.25, 0.3) is 0 Å². The second kappa shape index (κ2) is 12.1. The summed E-state index contributed by atoms with van der Waals surface area (Å²) in [4.78, 5) is 23.4. The van der Waals surface area contributed by atoms with E-state index in [4.69, 9.17) is 32.7 Å². The molecule has 2 amide bonds. The van der Waals surface area contributed by atoms with Crippen LogP contribution in [-0.4, -0.2) is 35.0 Å². The van der Waals surface area contributed by atoms with Gasteiger partial charge in [-0.2, -0.15) is 5.10 Å². The number of rotatable bonds is 9. The van der Waals surface area contributed by atoms with E-state index < -0.39 is 6.09 Å². The molecule has 33 heavy (non-hydrogen) atoms. The van der Waals surface area contributed by atoms with Crippen LogP contribution in [0.1, 0.15) is 23.1 Å². The number of hydrogen-bond donors (Lipinski definition) is 2. The summed E-state index contributed by atoms with van der Waals surface area (Å²) in [6, 6.07) is 12.4. The minimum Gasteiger partial charge on any atom is -0.489 e. The van der Waals surface area contributed by atoms with Crippen molar-refractivity contribution in [2.75, 3.05) is 11.9 Å². The Labute approximate surface area is 203 Å². The van der Waals surface area contributed by atoms with E-state index >= 15 is 0 Å². The number of anilines is 1.